The van der Waals surface area contributed by atoms with E-state index in [0.717, 1.165) is 19.6 Å². The van der Waals surface area contributed by atoms with Crippen molar-refractivity contribution in [2.24, 2.45) is 0 Å². The topological polar surface area (TPSA) is 71.3 Å². The predicted octanol–water partition coefficient (Wildman–Crippen LogP) is 2.96. The van der Waals surface area contributed by atoms with E-state index < -0.39 is 4.92 Å². The minimum atomic E-state index is -0.413. The van der Waals surface area contributed by atoms with Gasteiger partial charge in [0, 0.05) is 18.2 Å². The van der Waals surface area contributed by atoms with E-state index in [4.69, 9.17) is 0 Å². The van der Waals surface area contributed by atoms with E-state index in [0.29, 0.717) is 21.9 Å². The van der Waals surface area contributed by atoms with Gasteiger partial charge in [-0.25, -0.2) is 4.98 Å². The van der Waals surface area contributed by atoms with Crippen LogP contribution in [0.1, 0.15) is 25.3 Å². The van der Waals surface area contributed by atoms with Crippen LogP contribution in [0.15, 0.2) is 10.7 Å². The van der Waals surface area contributed by atoms with Crippen molar-refractivity contribution < 1.29 is 4.92 Å². The Labute approximate surface area is 126 Å². The first-order valence-electron chi connectivity index (χ1n) is 6.78. The van der Waals surface area contributed by atoms with Crippen LogP contribution in [0.3, 0.4) is 0 Å². The fraction of sp³-hybridized carbons (Fsp3) is 0.615. The third-order valence-electron chi connectivity index (χ3n) is 3.76. The Morgan fingerprint density at radius 3 is 2.80 bits per heavy atom. The second-order valence-corrected chi connectivity index (χ2v) is 5.95. The average molecular weight is 343 g/mol. The highest BCUT2D eigenvalue weighted by atomic mass is 79.9. The second kappa shape index (κ2) is 6.49. The molecule has 0 radical (unpaired) electrons. The van der Waals surface area contributed by atoms with E-state index in [2.05, 4.69) is 38.1 Å². The zero-order valence-corrected chi connectivity index (χ0v) is 13.3. The largest absolute Gasteiger partial charge is 0.368 e. The average Bonchev–Trinajstić information content (AvgIpc) is 2.93. The molecule has 1 aromatic rings. The smallest absolute Gasteiger partial charge is 0.291 e. The molecule has 1 unspecified atom stereocenters. The number of rotatable bonds is 5. The van der Waals surface area contributed by atoms with E-state index in [1.807, 2.05) is 0 Å². The summed E-state index contributed by atoms with van der Waals surface area (Å²) < 4.78 is 0.667. The Morgan fingerprint density at radius 1 is 1.55 bits per heavy atom. The van der Waals surface area contributed by atoms with Crippen molar-refractivity contribution in [1.29, 1.82) is 0 Å². The molecule has 2 heterocycles. The first-order valence-corrected chi connectivity index (χ1v) is 7.57. The molecule has 0 bridgehead atoms. The number of halogens is 1. The van der Waals surface area contributed by atoms with Gasteiger partial charge in [-0.1, -0.05) is 0 Å². The maximum Gasteiger partial charge on any atom is 0.291 e. The monoisotopic (exact) mass is 342 g/mol. The molecule has 1 aliphatic rings. The lowest BCUT2D eigenvalue weighted by molar-refractivity contribution is -0.385. The molecule has 0 saturated carbocycles. The van der Waals surface area contributed by atoms with Crippen LogP contribution < -0.4 is 5.32 Å². The highest BCUT2D eigenvalue weighted by molar-refractivity contribution is 9.10. The van der Waals surface area contributed by atoms with Crippen molar-refractivity contribution in [3.8, 4) is 0 Å². The van der Waals surface area contributed by atoms with Crippen LogP contribution in [0, 0.1) is 17.0 Å². The van der Waals surface area contributed by atoms with E-state index in [1.165, 1.54) is 19.0 Å². The van der Waals surface area contributed by atoms with E-state index in [1.54, 1.807) is 6.92 Å². The number of nitrogens with zero attached hydrogens (tertiary/aromatic N) is 3. The van der Waals surface area contributed by atoms with Gasteiger partial charge in [-0.3, -0.25) is 15.0 Å². The summed E-state index contributed by atoms with van der Waals surface area (Å²) in [6, 6.07) is 0.432. The van der Waals surface area contributed by atoms with Crippen LogP contribution in [0.25, 0.3) is 0 Å². The molecule has 1 aliphatic heterocycles. The quantitative estimate of drug-likeness (QED) is 0.657. The number of pyridine rings is 1. The van der Waals surface area contributed by atoms with Crippen molar-refractivity contribution in [3.63, 3.8) is 0 Å². The molecule has 0 amide bonds. The van der Waals surface area contributed by atoms with Crippen molar-refractivity contribution in [1.82, 2.24) is 9.88 Å². The summed E-state index contributed by atoms with van der Waals surface area (Å²) in [7, 11) is 0. The van der Waals surface area contributed by atoms with E-state index >= 15 is 0 Å². The zero-order chi connectivity index (χ0) is 14.7. The van der Waals surface area contributed by atoms with Crippen LogP contribution in [-0.2, 0) is 0 Å². The molecular weight excluding hydrogens is 324 g/mol. The van der Waals surface area contributed by atoms with Gasteiger partial charge in [-0.2, -0.15) is 0 Å². The molecule has 2 rings (SSSR count). The maximum absolute atomic E-state index is 10.8. The number of aromatic nitrogens is 1. The SMILES string of the molecule is Cc1c([N+](=O)[O-])cnc(NCC(C)N2CCCC2)c1Br. The fourth-order valence-electron chi connectivity index (χ4n) is 2.43. The number of likely N-dealkylation sites (tertiary alicyclic amines) is 1. The van der Waals surface area contributed by atoms with E-state index in [9.17, 15) is 10.1 Å². The molecule has 110 valence electrons. The van der Waals surface area contributed by atoms with Crippen LogP contribution in [0.5, 0.6) is 0 Å². The molecule has 0 spiro atoms. The first kappa shape index (κ1) is 15.2. The summed E-state index contributed by atoms with van der Waals surface area (Å²) in [6.07, 6.45) is 3.84. The Kier molecular flexibility index (Phi) is 4.93. The Balaban J connectivity index is 2.02. The molecule has 0 aromatic carbocycles. The highest BCUT2D eigenvalue weighted by Gasteiger charge is 2.20. The van der Waals surface area contributed by atoms with Gasteiger partial charge in [-0.15, -0.1) is 0 Å². The molecule has 7 heteroatoms. The van der Waals surface area contributed by atoms with Crippen molar-refractivity contribution >= 4 is 27.4 Å². The van der Waals surface area contributed by atoms with Crippen LogP contribution in [0.4, 0.5) is 11.5 Å². The highest BCUT2D eigenvalue weighted by Crippen LogP contribution is 2.30. The zero-order valence-electron chi connectivity index (χ0n) is 11.7. The van der Waals surface area contributed by atoms with Crippen LogP contribution >= 0.6 is 15.9 Å². The molecular formula is C13H19BrN4O2. The summed E-state index contributed by atoms with van der Waals surface area (Å²) in [5.41, 5.74) is 0.636. The van der Waals surface area contributed by atoms with E-state index in [-0.39, 0.29) is 5.69 Å². The molecule has 1 aromatic heterocycles. The number of anilines is 1. The first-order chi connectivity index (χ1) is 9.50. The van der Waals surface area contributed by atoms with Gasteiger partial charge < -0.3 is 5.32 Å². The molecule has 1 atom stereocenters. The van der Waals surface area contributed by atoms with Gasteiger partial charge in [0.25, 0.3) is 5.69 Å². The lowest BCUT2D eigenvalue weighted by Gasteiger charge is -2.24. The molecule has 6 nitrogen and oxygen atoms in total. The summed E-state index contributed by atoms with van der Waals surface area (Å²) in [5.74, 6) is 0.666. The summed E-state index contributed by atoms with van der Waals surface area (Å²) in [5, 5.41) is 14.1. The van der Waals surface area contributed by atoms with Crippen LogP contribution in [-0.4, -0.2) is 40.5 Å². The lowest BCUT2D eigenvalue weighted by Crippen LogP contribution is -2.35. The number of nitro groups is 1. The van der Waals surface area contributed by atoms with Gasteiger partial charge in [0.1, 0.15) is 12.0 Å². The molecule has 1 saturated heterocycles. The molecule has 20 heavy (non-hydrogen) atoms. The Morgan fingerprint density at radius 2 is 2.20 bits per heavy atom. The number of hydrogen-bond acceptors (Lipinski definition) is 5. The normalized spacial score (nSPS) is 17.1. The number of nitrogens with one attached hydrogen (secondary N) is 1. The lowest BCUT2D eigenvalue weighted by atomic mass is 10.2. The Bertz CT molecular complexity index is 503. The number of hydrogen-bond donors (Lipinski definition) is 1. The molecule has 1 fully saturated rings. The summed E-state index contributed by atoms with van der Waals surface area (Å²) in [4.78, 5) is 17.0. The Hall–Kier alpha value is -1.21. The van der Waals surface area contributed by atoms with Crippen LogP contribution in [0.2, 0.25) is 0 Å². The summed E-state index contributed by atoms with van der Waals surface area (Å²) >= 11 is 3.39. The van der Waals surface area contributed by atoms with Crippen molar-refractivity contribution in [2.45, 2.75) is 32.7 Å². The van der Waals surface area contributed by atoms with Crippen molar-refractivity contribution in [2.75, 3.05) is 25.0 Å². The van der Waals surface area contributed by atoms with Gasteiger partial charge >= 0.3 is 0 Å². The minimum Gasteiger partial charge on any atom is -0.368 e. The standard InChI is InChI=1S/C13H19BrN4O2/c1-9(17-5-3-4-6-17)7-15-13-12(14)10(2)11(8-16-13)18(19)20/h8-9H,3-7H2,1-2H3,(H,15,16). The molecule has 0 aliphatic carbocycles. The summed E-state index contributed by atoms with van der Waals surface area (Å²) in [6.45, 7) is 6.99. The van der Waals surface area contributed by atoms with Crippen molar-refractivity contribution in [3.05, 3.63) is 26.3 Å². The van der Waals surface area contributed by atoms with Gasteiger partial charge in [0.15, 0.2) is 0 Å². The third-order valence-corrected chi connectivity index (χ3v) is 4.73. The maximum atomic E-state index is 10.8. The van der Waals surface area contributed by atoms with Gasteiger partial charge in [0.2, 0.25) is 0 Å². The third kappa shape index (κ3) is 3.27. The minimum absolute atomic E-state index is 0.0371. The fourth-order valence-corrected chi connectivity index (χ4v) is 2.88. The predicted molar refractivity (Wildman–Crippen MR) is 82.1 cm³/mol. The second-order valence-electron chi connectivity index (χ2n) is 5.16. The molecule has 1 N–H and O–H groups in total. The van der Waals surface area contributed by atoms with Gasteiger partial charge in [0.05, 0.1) is 9.40 Å². The van der Waals surface area contributed by atoms with Gasteiger partial charge in [-0.05, 0) is 55.7 Å².